The maximum absolute atomic E-state index is 12.7. The van der Waals surface area contributed by atoms with Gasteiger partial charge in [-0.2, -0.15) is 0 Å². The summed E-state index contributed by atoms with van der Waals surface area (Å²) in [6.07, 6.45) is 17.5. The third kappa shape index (κ3) is 5.34. The van der Waals surface area contributed by atoms with Gasteiger partial charge in [0.15, 0.2) is 0 Å². The zero-order valence-corrected chi connectivity index (χ0v) is 22.0. The number of carbonyl (C=O) groups is 1. The molecular weight excluding hydrogens is 420 g/mol. The normalized spacial score (nSPS) is 32.0. The van der Waals surface area contributed by atoms with Crippen molar-refractivity contribution in [2.45, 2.75) is 129 Å². The molecule has 0 saturated heterocycles. The van der Waals surface area contributed by atoms with Crippen LogP contribution in [0.4, 0.5) is 0 Å². The zero-order valence-electron chi connectivity index (χ0n) is 22.0. The monoisotopic (exact) mass is 468 g/mol. The second-order valence-corrected chi connectivity index (χ2v) is 11.9. The van der Waals surface area contributed by atoms with Crippen LogP contribution in [0.25, 0.3) is 0 Å². The number of phenols is 1. The van der Waals surface area contributed by atoms with Crippen LogP contribution in [0.1, 0.15) is 128 Å². The fourth-order valence-electron chi connectivity index (χ4n) is 7.95. The average molecular weight is 469 g/mol. The number of benzene rings is 1. The number of aromatic hydroxyl groups is 1. The molecule has 0 spiro atoms. The Morgan fingerprint density at radius 1 is 1.03 bits per heavy atom. The van der Waals surface area contributed by atoms with Gasteiger partial charge in [0.25, 0.3) is 0 Å². The van der Waals surface area contributed by atoms with Crippen LogP contribution in [0.15, 0.2) is 18.2 Å². The molecule has 0 amide bonds. The van der Waals surface area contributed by atoms with E-state index in [9.17, 15) is 9.90 Å². The fourth-order valence-corrected chi connectivity index (χ4v) is 7.95. The molecular formula is C31H48O3. The van der Waals surface area contributed by atoms with Gasteiger partial charge in [-0.05, 0) is 85.5 Å². The van der Waals surface area contributed by atoms with E-state index < -0.39 is 0 Å². The van der Waals surface area contributed by atoms with Crippen LogP contribution in [-0.4, -0.2) is 17.2 Å². The summed E-state index contributed by atoms with van der Waals surface area (Å²) < 4.78 is 6.21. The number of hydrogen-bond donors (Lipinski definition) is 1. The van der Waals surface area contributed by atoms with Crippen LogP contribution in [0.3, 0.4) is 0 Å². The van der Waals surface area contributed by atoms with Gasteiger partial charge in [-0.3, -0.25) is 4.79 Å². The highest BCUT2D eigenvalue weighted by Gasteiger charge is 2.57. The van der Waals surface area contributed by atoms with Crippen LogP contribution < -0.4 is 0 Å². The molecule has 3 nitrogen and oxygen atoms in total. The molecule has 0 aliphatic heterocycles. The number of unbranched alkanes of at least 4 members (excludes halogenated alkanes) is 7. The van der Waals surface area contributed by atoms with Crippen LogP contribution in [0.2, 0.25) is 0 Å². The van der Waals surface area contributed by atoms with E-state index in [0.717, 1.165) is 32.1 Å². The third-order valence-electron chi connectivity index (χ3n) is 9.83. The molecule has 1 aromatic rings. The number of phenolic OH excluding ortho intramolecular Hbond substituents is 1. The van der Waals surface area contributed by atoms with Crippen LogP contribution >= 0.6 is 0 Å². The fraction of sp³-hybridized carbons (Fsp3) is 0.774. The van der Waals surface area contributed by atoms with Crippen LogP contribution in [0, 0.1) is 23.2 Å². The Morgan fingerprint density at radius 3 is 2.50 bits per heavy atom. The molecule has 0 radical (unpaired) electrons. The van der Waals surface area contributed by atoms with Crippen LogP contribution in [0.5, 0.6) is 5.75 Å². The maximum atomic E-state index is 12.7. The summed E-state index contributed by atoms with van der Waals surface area (Å²) in [6.45, 7) is 7.01. The number of carbonyl (C=O) groups excluding carboxylic acids is 1. The molecule has 4 rings (SSSR count). The molecule has 2 saturated carbocycles. The minimum Gasteiger partial charge on any atom is -0.508 e. The van der Waals surface area contributed by atoms with Gasteiger partial charge >= 0.3 is 5.97 Å². The van der Waals surface area contributed by atoms with Crippen molar-refractivity contribution < 1.29 is 14.6 Å². The molecule has 3 aliphatic carbocycles. The Labute approximate surface area is 208 Å². The van der Waals surface area contributed by atoms with E-state index >= 15 is 0 Å². The summed E-state index contributed by atoms with van der Waals surface area (Å²) in [5, 5.41) is 10.0. The van der Waals surface area contributed by atoms with Gasteiger partial charge in [0.2, 0.25) is 0 Å². The first-order valence-corrected chi connectivity index (χ1v) is 14.5. The van der Waals surface area contributed by atoms with Crippen molar-refractivity contribution in [3.8, 4) is 5.75 Å². The van der Waals surface area contributed by atoms with E-state index in [1.165, 1.54) is 68.9 Å². The quantitative estimate of drug-likeness (QED) is 0.262. The Hall–Kier alpha value is -1.51. The van der Waals surface area contributed by atoms with Crippen molar-refractivity contribution >= 4 is 5.97 Å². The van der Waals surface area contributed by atoms with Crippen molar-refractivity contribution in [1.82, 2.24) is 0 Å². The average Bonchev–Trinajstić information content (AvgIpc) is 3.15. The first kappa shape index (κ1) is 25.6. The third-order valence-corrected chi connectivity index (χ3v) is 9.83. The summed E-state index contributed by atoms with van der Waals surface area (Å²) in [5.74, 6) is 3.01. The first-order chi connectivity index (χ1) is 16.5. The highest BCUT2D eigenvalue weighted by atomic mass is 16.5. The highest BCUT2D eigenvalue weighted by Crippen LogP contribution is 2.63. The minimum absolute atomic E-state index is 0.0384. The van der Waals surface area contributed by atoms with Gasteiger partial charge in [0.05, 0.1) is 0 Å². The van der Waals surface area contributed by atoms with Crippen molar-refractivity contribution in [3.63, 3.8) is 0 Å². The predicted molar refractivity (Wildman–Crippen MR) is 139 cm³/mol. The number of rotatable bonds is 11. The van der Waals surface area contributed by atoms with E-state index in [1.807, 2.05) is 12.1 Å². The molecule has 190 valence electrons. The largest absolute Gasteiger partial charge is 0.508 e. The SMILES string of the molecule is CCCCCCCCCCC(=O)O[C@H]1CCC2C3C(CC[C@@]21C)c1ccc(O)cc1C[C@@H]3CC. The summed E-state index contributed by atoms with van der Waals surface area (Å²) in [4.78, 5) is 12.7. The Bertz CT molecular complexity index is 817. The number of ether oxygens (including phenoxy) is 1. The molecule has 1 aromatic carbocycles. The first-order valence-electron chi connectivity index (χ1n) is 14.5. The molecule has 3 heteroatoms. The summed E-state index contributed by atoms with van der Waals surface area (Å²) in [6, 6.07) is 6.07. The molecule has 0 aromatic heterocycles. The minimum atomic E-state index is 0.0384. The lowest BCUT2D eigenvalue weighted by Gasteiger charge is -2.53. The van der Waals surface area contributed by atoms with E-state index in [4.69, 9.17) is 4.74 Å². The molecule has 3 unspecified atom stereocenters. The van der Waals surface area contributed by atoms with Crippen molar-refractivity contribution in [3.05, 3.63) is 29.3 Å². The summed E-state index contributed by atoms with van der Waals surface area (Å²) in [7, 11) is 0. The van der Waals surface area contributed by atoms with Gasteiger partial charge in [0, 0.05) is 11.8 Å². The van der Waals surface area contributed by atoms with Gasteiger partial charge in [-0.1, -0.05) is 78.2 Å². The smallest absolute Gasteiger partial charge is 0.306 e. The topological polar surface area (TPSA) is 46.5 Å². The second kappa shape index (κ2) is 11.5. The zero-order chi connectivity index (χ0) is 24.1. The molecule has 2 fully saturated rings. The summed E-state index contributed by atoms with van der Waals surface area (Å²) in [5.41, 5.74) is 2.96. The van der Waals surface area contributed by atoms with Crippen molar-refractivity contribution in [2.24, 2.45) is 23.2 Å². The molecule has 0 heterocycles. The van der Waals surface area contributed by atoms with Crippen LogP contribution in [-0.2, 0) is 16.0 Å². The number of esters is 1. The van der Waals surface area contributed by atoms with E-state index in [0.29, 0.717) is 35.8 Å². The standard InChI is InChI=1S/C31H48O3/c1-4-6-7-8-9-10-11-12-13-29(33)34-28-17-16-27-30-22(5-2)20-23-21-24(32)14-15-25(23)26(30)18-19-31(27,28)3/h14-15,21-22,26-28,30,32H,4-13,16-20H2,1-3H3/t22-,26?,27?,28-,30?,31-/m0/s1. The summed E-state index contributed by atoms with van der Waals surface area (Å²) >= 11 is 0. The highest BCUT2D eigenvalue weighted by molar-refractivity contribution is 5.69. The Morgan fingerprint density at radius 2 is 1.76 bits per heavy atom. The Balaban J connectivity index is 1.32. The van der Waals surface area contributed by atoms with Crippen molar-refractivity contribution in [1.29, 1.82) is 0 Å². The van der Waals surface area contributed by atoms with E-state index in [2.05, 4.69) is 26.8 Å². The second-order valence-electron chi connectivity index (χ2n) is 11.9. The van der Waals surface area contributed by atoms with Crippen molar-refractivity contribution in [2.75, 3.05) is 0 Å². The molecule has 1 N–H and O–H groups in total. The van der Waals surface area contributed by atoms with Gasteiger partial charge in [0.1, 0.15) is 11.9 Å². The molecule has 3 aliphatic rings. The maximum Gasteiger partial charge on any atom is 0.306 e. The lowest BCUT2D eigenvalue weighted by Crippen LogP contribution is -2.48. The van der Waals surface area contributed by atoms with Gasteiger partial charge in [-0.15, -0.1) is 0 Å². The predicted octanol–water partition coefficient (Wildman–Crippen LogP) is 8.33. The molecule has 6 atom stereocenters. The van der Waals surface area contributed by atoms with E-state index in [1.54, 1.807) is 0 Å². The number of fused-ring (bicyclic) bond motifs is 5. The lowest BCUT2D eigenvalue weighted by molar-refractivity contribution is -0.158. The van der Waals surface area contributed by atoms with E-state index in [-0.39, 0.29) is 17.5 Å². The number of hydrogen-bond acceptors (Lipinski definition) is 3. The van der Waals surface area contributed by atoms with Gasteiger partial charge in [-0.25, -0.2) is 0 Å². The molecule has 34 heavy (non-hydrogen) atoms. The lowest BCUT2D eigenvalue weighted by atomic mass is 9.52. The van der Waals surface area contributed by atoms with Gasteiger partial charge < -0.3 is 9.84 Å². The Kier molecular flexibility index (Phi) is 8.64. The molecule has 0 bridgehead atoms.